The van der Waals surface area contributed by atoms with Crippen LogP contribution in [0.2, 0.25) is 10.0 Å². The first-order valence-corrected chi connectivity index (χ1v) is 12.6. The molecule has 0 saturated heterocycles. The molecule has 1 N–H and O–H groups in total. The van der Waals surface area contributed by atoms with E-state index in [2.05, 4.69) is 9.71 Å². The Morgan fingerprint density at radius 2 is 1.80 bits per heavy atom. The van der Waals surface area contributed by atoms with Crippen molar-refractivity contribution >= 4 is 43.1 Å². The normalized spacial score (nSPS) is 12.2. The number of halogens is 2. The van der Waals surface area contributed by atoms with Gasteiger partial charge in [-0.3, -0.25) is 0 Å². The predicted octanol–water partition coefficient (Wildman–Crippen LogP) is 3.70. The molecule has 0 aliphatic carbocycles. The lowest BCUT2D eigenvalue weighted by atomic mass is 10.2. The van der Waals surface area contributed by atoms with Crippen molar-refractivity contribution in [3.8, 4) is 0 Å². The third-order valence-corrected chi connectivity index (χ3v) is 8.46. The Bertz CT molecular complexity index is 1260. The molecule has 11 heteroatoms. The first-order chi connectivity index (χ1) is 14.1. The number of nitrogens with zero attached hydrogens (tertiary/aromatic N) is 2. The quantitative estimate of drug-likeness (QED) is 0.488. The molecule has 0 spiro atoms. The molecule has 3 rings (SSSR count). The Labute approximate surface area is 185 Å². The van der Waals surface area contributed by atoms with Crippen LogP contribution in [0.5, 0.6) is 0 Å². The molecule has 3 aromatic rings. The van der Waals surface area contributed by atoms with Gasteiger partial charge in [0, 0.05) is 30.5 Å². The Balaban J connectivity index is 1.85. The molecule has 0 aliphatic heterocycles. The summed E-state index contributed by atoms with van der Waals surface area (Å²) in [4.78, 5) is 3.51. The van der Waals surface area contributed by atoms with E-state index in [0.717, 1.165) is 6.07 Å². The summed E-state index contributed by atoms with van der Waals surface area (Å²) in [5, 5.41) is 0.260. The van der Waals surface area contributed by atoms with E-state index in [1.54, 1.807) is 25.6 Å². The Morgan fingerprint density at radius 1 is 1.03 bits per heavy atom. The van der Waals surface area contributed by atoms with Crippen LogP contribution in [0, 0.1) is 6.92 Å². The summed E-state index contributed by atoms with van der Waals surface area (Å²) in [7, 11) is -7.94. The molecule has 0 bridgehead atoms. The molecular weight excluding hydrogens is 469 g/mol. The summed E-state index contributed by atoms with van der Waals surface area (Å²) >= 11 is 11.9. The van der Waals surface area contributed by atoms with Crippen molar-refractivity contribution in [2.75, 3.05) is 6.54 Å². The van der Waals surface area contributed by atoms with E-state index in [1.807, 2.05) is 4.57 Å². The van der Waals surface area contributed by atoms with E-state index in [-0.39, 0.29) is 26.3 Å². The van der Waals surface area contributed by atoms with Gasteiger partial charge in [0.2, 0.25) is 19.9 Å². The van der Waals surface area contributed by atoms with Gasteiger partial charge in [-0.05, 0) is 49.2 Å². The number of aryl methyl sites for hydroxylation is 2. The molecule has 0 radical (unpaired) electrons. The summed E-state index contributed by atoms with van der Waals surface area (Å²) in [6.07, 6.45) is 5.63. The highest BCUT2D eigenvalue weighted by Gasteiger charge is 2.25. The monoisotopic (exact) mass is 487 g/mol. The van der Waals surface area contributed by atoms with Crippen LogP contribution in [0.1, 0.15) is 12.0 Å². The fraction of sp³-hybridized carbons (Fsp3) is 0.211. The number of hydrogen-bond acceptors (Lipinski definition) is 5. The number of imidazole rings is 1. The first kappa shape index (κ1) is 22.8. The summed E-state index contributed by atoms with van der Waals surface area (Å²) in [5.74, 6) is 0. The zero-order valence-electron chi connectivity index (χ0n) is 15.9. The maximum atomic E-state index is 13.0. The third-order valence-electron chi connectivity index (χ3n) is 4.39. The Kier molecular flexibility index (Phi) is 6.88. The number of aromatic nitrogens is 2. The number of rotatable bonds is 8. The van der Waals surface area contributed by atoms with Crippen LogP contribution in [0.3, 0.4) is 0 Å². The summed E-state index contributed by atoms with van der Waals surface area (Å²) in [5.41, 5.74) is 0.429. The molecule has 30 heavy (non-hydrogen) atoms. The van der Waals surface area contributed by atoms with E-state index in [0.29, 0.717) is 23.6 Å². The van der Waals surface area contributed by atoms with Gasteiger partial charge < -0.3 is 4.57 Å². The standard InChI is InChI=1S/C19H19Cl2N3O4S2/c1-14-3-5-16(29(25,26)18-6-4-15(20)11-17(18)21)12-19(14)30(27,28)23-7-2-9-24-10-8-22-13-24/h3-6,8,10-13,23H,2,7,9H2,1H3. The molecule has 0 aliphatic rings. The Morgan fingerprint density at radius 3 is 2.47 bits per heavy atom. The maximum absolute atomic E-state index is 13.0. The van der Waals surface area contributed by atoms with E-state index in [4.69, 9.17) is 23.2 Å². The topological polar surface area (TPSA) is 98.1 Å². The molecule has 0 fully saturated rings. The van der Waals surface area contributed by atoms with Crippen molar-refractivity contribution in [3.05, 3.63) is 70.7 Å². The van der Waals surface area contributed by atoms with Crippen LogP contribution in [-0.4, -0.2) is 32.9 Å². The van der Waals surface area contributed by atoms with Gasteiger partial charge in [-0.15, -0.1) is 0 Å². The molecule has 7 nitrogen and oxygen atoms in total. The van der Waals surface area contributed by atoms with Crippen LogP contribution in [0.25, 0.3) is 0 Å². The van der Waals surface area contributed by atoms with Gasteiger partial charge in [0.05, 0.1) is 26.0 Å². The van der Waals surface area contributed by atoms with Crippen molar-refractivity contribution in [3.63, 3.8) is 0 Å². The second kappa shape index (κ2) is 9.07. The maximum Gasteiger partial charge on any atom is 0.240 e. The van der Waals surface area contributed by atoms with Crippen molar-refractivity contribution < 1.29 is 16.8 Å². The average molecular weight is 488 g/mol. The fourth-order valence-corrected chi connectivity index (χ4v) is 6.29. The minimum Gasteiger partial charge on any atom is -0.337 e. The highest BCUT2D eigenvalue weighted by molar-refractivity contribution is 7.92. The fourth-order valence-electron chi connectivity index (χ4n) is 2.82. The zero-order valence-corrected chi connectivity index (χ0v) is 19.1. The van der Waals surface area contributed by atoms with Crippen LogP contribution >= 0.6 is 23.2 Å². The summed E-state index contributed by atoms with van der Waals surface area (Å²) in [6.45, 7) is 2.40. The predicted molar refractivity (Wildman–Crippen MR) is 115 cm³/mol. The highest BCUT2D eigenvalue weighted by atomic mass is 35.5. The van der Waals surface area contributed by atoms with Crippen molar-refractivity contribution in [2.45, 2.75) is 34.6 Å². The molecule has 0 amide bonds. The number of hydrogen-bond donors (Lipinski definition) is 1. The molecule has 0 saturated carbocycles. The minimum absolute atomic E-state index is 0.0369. The SMILES string of the molecule is Cc1ccc(S(=O)(=O)c2ccc(Cl)cc2Cl)cc1S(=O)(=O)NCCCn1ccnc1. The van der Waals surface area contributed by atoms with E-state index < -0.39 is 19.9 Å². The number of nitrogens with one attached hydrogen (secondary N) is 1. The molecule has 0 atom stereocenters. The first-order valence-electron chi connectivity index (χ1n) is 8.87. The second-order valence-corrected chi connectivity index (χ2v) is 11.1. The third kappa shape index (κ3) is 5.04. The largest absolute Gasteiger partial charge is 0.337 e. The van der Waals surface area contributed by atoms with Gasteiger partial charge >= 0.3 is 0 Å². The minimum atomic E-state index is -4.03. The summed E-state index contributed by atoms with van der Waals surface area (Å²) in [6, 6.07) is 7.98. The summed E-state index contributed by atoms with van der Waals surface area (Å²) < 4.78 is 55.9. The second-order valence-electron chi connectivity index (χ2n) is 6.56. The Hall–Kier alpha value is -1.91. The lowest BCUT2D eigenvalue weighted by Gasteiger charge is -2.12. The van der Waals surface area contributed by atoms with Crippen LogP contribution in [-0.2, 0) is 26.4 Å². The average Bonchev–Trinajstić information content (AvgIpc) is 3.18. The lowest BCUT2D eigenvalue weighted by molar-refractivity contribution is 0.569. The van der Waals surface area contributed by atoms with Gasteiger partial charge in [-0.25, -0.2) is 26.5 Å². The van der Waals surface area contributed by atoms with E-state index >= 15 is 0 Å². The molecule has 0 unspecified atom stereocenters. The highest BCUT2D eigenvalue weighted by Crippen LogP contribution is 2.31. The van der Waals surface area contributed by atoms with Gasteiger partial charge in [0.15, 0.2) is 0 Å². The zero-order chi connectivity index (χ0) is 21.9. The molecular formula is C19H19Cl2N3O4S2. The smallest absolute Gasteiger partial charge is 0.240 e. The number of sulfonamides is 1. The van der Waals surface area contributed by atoms with Crippen molar-refractivity contribution in [1.82, 2.24) is 14.3 Å². The lowest BCUT2D eigenvalue weighted by Crippen LogP contribution is -2.26. The molecule has 2 aromatic carbocycles. The molecule has 160 valence electrons. The van der Waals surface area contributed by atoms with E-state index in [9.17, 15) is 16.8 Å². The van der Waals surface area contributed by atoms with Crippen molar-refractivity contribution in [1.29, 1.82) is 0 Å². The van der Waals surface area contributed by atoms with E-state index in [1.165, 1.54) is 30.3 Å². The van der Waals surface area contributed by atoms with Crippen LogP contribution in [0.4, 0.5) is 0 Å². The van der Waals surface area contributed by atoms with Crippen molar-refractivity contribution in [2.24, 2.45) is 0 Å². The van der Waals surface area contributed by atoms with Crippen LogP contribution in [0.15, 0.2) is 69.8 Å². The van der Waals surface area contributed by atoms with Gasteiger partial charge in [-0.1, -0.05) is 29.3 Å². The van der Waals surface area contributed by atoms with Gasteiger partial charge in [0.1, 0.15) is 0 Å². The molecule has 1 heterocycles. The van der Waals surface area contributed by atoms with Gasteiger partial charge in [0.25, 0.3) is 0 Å². The van der Waals surface area contributed by atoms with Crippen LogP contribution < -0.4 is 4.72 Å². The number of benzene rings is 2. The number of sulfone groups is 1. The van der Waals surface area contributed by atoms with Gasteiger partial charge in [-0.2, -0.15) is 0 Å². The molecule has 1 aromatic heterocycles.